The Bertz CT molecular complexity index is 1090. The second kappa shape index (κ2) is 10.1. The SMILES string of the molecule is Cc1c(C=CC(=O)O)ccc2c1nnn2CC1(CCOCc2ccccc2)CCOCC1. The number of hydrogen-bond acceptors (Lipinski definition) is 5. The molecule has 0 radical (unpaired) electrons. The number of ether oxygens (including phenoxy) is 2. The highest BCUT2D eigenvalue weighted by Crippen LogP contribution is 2.37. The fourth-order valence-corrected chi connectivity index (χ4v) is 4.30. The zero-order valence-electron chi connectivity index (χ0n) is 18.4. The molecule has 1 aliphatic heterocycles. The summed E-state index contributed by atoms with van der Waals surface area (Å²) in [7, 11) is 0. The minimum atomic E-state index is -0.968. The molecule has 0 unspecified atom stereocenters. The summed E-state index contributed by atoms with van der Waals surface area (Å²) >= 11 is 0. The molecule has 1 saturated heterocycles. The fraction of sp³-hybridized carbons (Fsp3) is 0.400. The summed E-state index contributed by atoms with van der Waals surface area (Å²) in [5.74, 6) is -0.968. The molecule has 3 aromatic rings. The number of rotatable bonds is 9. The van der Waals surface area contributed by atoms with Crippen molar-refractivity contribution in [3.63, 3.8) is 0 Å². The monoisotopic (exact) mass is 435 g/mol. The number of fused-ring (bicyclic) bond motifs is 1. The van der Waals surface area contributed by atoms with Gasteiger partial charge in [0.1, 0.15) is 5.52 Å². The Labute approximate surface area is 187 Å². The maximum absolute atomic E-state index is 10.9. The number of aromatic nitrogens is 3. The Morgan fingerprint density at radius 3 is 2.75 bits per heavy atom. The number of carboxylic acid groups (broad SMARTS) is 1. The number of carboxylic acids is 1. The summed E-state index contributed by atoms with van der Waals surface area (Å²) in [6.07, 6.45) is 5.59. The van der Waals surface area contributed by atoms with Gasteiger partial charge in [-0.25, -0.2) is 9.48 Å². The van der Waals surface area contributed by atoms with Crippen LogP contribution in [0.25, 0.3) is 17.1 Å². The third-order valence-corrected chi connectivity index (χ3v) is 6.31. The van der Waals surface area contributed by atoms with Crippen LogP contribution in [0.4, 0.5) is 0 Å². The molecule has 0 bridgehead atoms. The number of aliphatic carboxylic acids is 1. The van der Waals surface area contributed by atoms with Gasteiger partial charge in [0.15, 0.2) is 0 Å². The number of hydrogen-bond donors (Lipinski definition) is 1. The number of nitrogens with zero attached hydrogens (tertiary/aromatic N) is 3. The van der Waals surface area contributed by atoms with Crippen LogP contribution in [0, 0.1) is 12.3 Å². The molecular formula is C25H29N3O4. The summed E-state index contributed by atoms with van der Waals surface area (Å²) in [5, 5.41) is 17.8. The van der Waals surface area contributed by atoms with Crippen molar-refractivity contribution in [1.29, 1.82) is 0 Å². The summed E-state index contributed by atoms with van der Waals surface area (Å²) in [6.45, 7) is 5.50. The molecule has 7 nitrogen and oxygen atoms in total. The first-order chi connectivity index (χ1) is 15.6. The van der Waals surface area contributed by atoms with E-state index in [-0.39, 0.29) is 5.41 Å². The van der Waals surface area contributed by atoms with Crippen molar-refractivity contribution in [2.75, 3.05) is 19.8 Å². The second-order valence-corrected chi connectivity index (χ2v) is 8.47. The lowest BCUT2D eigenvalue weighted by atomic mass is 9.77. The van der Waals surface area contributed by atoms with Crippen molar-refractivity contribution >= 4 is 23.1 Å². The minimum Gasteiger partial charge on any atom is -0.478 e. The van der Waals surface area contributed by atoms with Crippen LogP contribution >= 0.6 is 0 Å². The number of benzene rings is 2. The number of aryl methyl sites for hydroxylation is 1. The Morgan fingerprint density at radius 1 is 1.22 bits per heavy atom. The van der Waals surface area contributed by atoms with Crippen molar-refractivity contribution in [3.05, 3.63) is 65.2 Å². The van der Waals surface area contributed by atoms with E-state index in [4.69, 9.17) is 14.6 Å². The van der Waals surface area contributed by atoms with Gasteiger partial charge in [0.05, 0.1) is 12.1 Å². The first-order valence-electron chi connectivity index (χ1n) is 11.0. The van der Waals surface area contributed by atoms with E-state index < -0.39 is 5.97 Å². The van der Waals surface area contributed by atoms with Crippen LogP contribution in [-0.4, -0.2) is 45.9 Å². The maximum Gasteiger partial charge on any atom is 0.328 e. The van der Waals surface area contributed by atoms with Crippen LogP contribution in [0.1, 0.15) is 36.0 Å². The average Bonchev–Trinajstić information content (AvgIpc) is 3.21. The summed E-state index contributed by atoms with van der Waals surface area (Å²) < 4.78 is 13.6. The lowest BCUT2D eigenvalue weighted by Crippen LogP contribution is -2.35. The van der Waals surface area contributed by atoms with Crippen LogP contribution < -0.4 is 0 Å². The molecule has 168 valence electrons. The average molecular weight is 436 g/mol. The van der Waals surface area contributed by atoms with E-state index in [1.54, 1.807) is 6.08 Å². The molecule has 0 spiro atoms. The molecule has 0 atom stereocenters. The Morgan fingerprint density at radius 2 is 2.00 bits per heavy atom. The van der Waals surface area contributed by atoms with Gasteiger partial charge in [-0.15, -0.1) is 5.10 Å². The van der Waals surface area contributed by atoms with Crippen LogP contribution in [-0.2, 0) is 27.4 Å². The molecule has 4 rings (SSSR count). The smallest absolute Gasteiger partial charge is 0.328 e. The van der Waals surface area contributed by atoms with Gasteiger partial charge in [0, 0.05) is 32.4 Å². The minimum absolute atomic E-state index is 0.0470. The van der Waals surface area contributed by atoms with Crippen molar-refractivity contribution in [2.24, 2.45) is 5.41 Å². The fourth-order valence-electron chi connectivity index (χ4n) is 4.30. The third kappa shape index (κ3) is 5.23. The number of carbonyl (C=O) groups is 1. The zero-order chi connectivity index (χ0) is 22.4. The molecule has 2 heterocycles. The molecule has 1 aromatic heterocycles. The Hall–Kier alpha value is -3.03. The van der Waals surface area contributed by atoms with Crippen LogP contribution in [0.3, 0.4) is 0 Å². The van der Waals surface area contributed by atoms with Gasteiger partial charge < -0.3 is 14.6 Å². The molecule has 1 aliphatic rings. The zero-order valence-corrected chi connectivity index (χ0v) is 18.4. The first-order valence-corrected chi connectivity index (χ1v) is 11.0. The predicted octanol–water partition coefficient (Wildman–Crippen LogP) is 4.24. The Balaban J connectivity index is 1.48. The summed E-state index contributed by atoms with van der Waals surface area (Å²) in [5.41, 5.74) is 4.76. The van der Waals surface area contributed by atoms with Crippen molar-refractivity contribution in [3.8, 4) is 0 Å². The first kappa shape index (κ1) is 22.2. The van der Waals surface area contributed by atoms with Gasteiger partial charge in [0.25, 0.3) is 0 Å². The van der Waals surface area contributed by atoms with Crippen molar-refractivity contribution in [2.45, 2.75) is 39.3 Å². The molecule has 0 saturated carbocycles. The van der Waals surface area contributed by atoms with E-state index in [0.717, 1.165) is 67.3 Å². The molecule has 1 N–H and O–H groups in total. The van der Waals surface area contributed by atoms with Gasteiger partial charge in [-0.1, -0.05) is 41.6 Å². The lowest BCUT2D eigenvalue weighted by Gasteiger charge is -2.37. The lowest BCUT2D eigenvalue weighted by molar-refractivity contribution is -0.131. The van der Waals surface area contributed by atoms with Crippen molar-refractivity contribution in [1.82, 2.24) is 15.0 Å². The van der Waals surface area contributed by atoms with E-state index in [1.165, 1.54) is 5.56 Å². The van der Waals surface area contributed by atoms with Crippen LogP contribution in [0.2, 0.25) is 0 Å². The molecule has 2 aromatic carbocycles. The summed E-state index contributed by atoms with van der Waals surface area (Å²) in [4.78, 5) is 10.9. The van der Waals surface area contributed by atoms with Gasteiger partial charge in [0.2, 0.25) is 0 Å². The van der Waals surface area contributed by atoms with Crippen molar-refractivity contribution < 1.29 is 19.4 Å². The highest BCUT2D eigenvalue weighted by molar-refractivity contribution is 5.88. The third-order valence-electron chi connectivity index (χ3n) is 6.31. The van der Waals surface area contributed by atoms with Crippen LogP contribution in [0.5, 0.6) is 0 Å². The van der Waals surface area contributed by atoms with Gasteiger partial charge in [-0.2, -0.15) is 0 Å². The van der Waals surface area contributed by atoms with E-state index in [2.05, 4.69) is 22.4 Å². The van der Waals surface area contributed by atoms with Gasteiger partial charge >= 0.3 is 5.97 Å². The highest BCUT2D eigenvalue weighted by atomic mass is 16.5. The van der Waals surface area contributed by atoms with E-state index in [9.17, 15) is 4.79 Å². The normalized spacial score (nSPS) is 16.0. The summed E-state index contributed by atoms with van der Waals surface area (Å²) in [6, 6.07) is 14.1. The highest BCUT2D eigenvalue weighted by Gasteiger charge is 2.34. The molecule has 7 heteroatoms. The largest absolute Gasteiger partial charge is 0.478 e. The van der Waals surface area contributed by atoms with E-state index >= 15 is 0 Å². The molecule has 0 amide bonds. The van der Waals surface area contributed by atoms with E-state index in [1.807, 2.05) is 41.9 Å². The van der Waals surface area contributed by atoms with Gasteiger partial charge in [-0.3, -0.25) is 0 Å². The van der Waals surface area contributed by atoms with Gasteiger partial charge in [-0.05, 0) is 60.4 Å². The predicted molar refractivity (Wildman–Crippen MR) is 122 cm³/mol. The standard InChI is InChI=1S/C25H29N3O4/c1-19-21(8-10-23(29)30)7-9-22-24(19)26-27-28(22)18-25(11-14-31-15-12-25)13-16-32-17-20-5-3-2-4-6-20/h2-10H,11-18H2,1H3,(H,29,30). The Kier molecular flexibility index (Phi) is 6.97. The topological polar surface area (TPSA) is 86.5 Å². The van der Waals surface area contributed by atoms with E-state index in [0.29, 0.717) is 13.2 Å². The van der Waals surface area contributed by atoms with Crippen LogP contribution in [0.15, 0.2) is 48.5 Å². The molecular weight excluding hydrogens is 406 g/mol. The quantitative estimate of drug-likeness (QED) is 0.400. The second-order valence-electron chi connectivity index (χ2n) is 8.47. The maximum atomic E-state index is 10.9. The molecule has 0 aliphatic carbocycles. The molecule has 1 fully saturated rings. The molecule has 32 heavy (non-hydrogen) atoms.